The van der Waals surface area contributed by atoms with Crippen LogP contribution in [-0.4, -0.2) is 3.21 Å². The summed E-state index contributed by atoms with van der Waals surface area (Å²) < 4.78 is 3.14. The first-order valence-corrected chi connectivity index (χ1v) is 19.8. The summed E-state index contributed by atoms with van der Waals surface area (Å²) in [5.41, 5.74) is 13.8. The molecule has 3 heteroatoms. The summed E-state index contributed by atoms with van der Waals surface area (Å²) in [5.74, 6) is 0. The van der Waals surface area contributed by atoms with Crippen molar-refractivity contribution in [2.24, 2.45) is 0 Å². The number of hydrogen-bond acceptors (Lipinski definition) is 0. The van der Waals surface area contributed by atoms with Gasteiger partial charge >= 0.3 is 298 Å². The van der Waals surface area contributed by atoms with Gasteiger partial charge in [-0.3, -0.25) is 0 Å². The Morgan fingerprint density at radius 1 is 0.720 bits per heavy atom. The van der Waals surface area contributed by atoms with Gasteiger partial charge < -0.3 is 24.8 Å². The van der Waals surface area contributed by atoms with Crippen molar-refractivity contribution in [3.05, 3.63) is 213 Å². The van der Waals surface area contributed by atoms with Crippen LogP contribution in [0.3, 0.4) is 0 Å². The second-order valence-corrected chi connectivity index (χ2v) is 16.0. The maximum Gasteiger partial charge on any atom is -1.00 e. The molecule has 50 heavy (non-hydrogen) atoms. The quantitative estimate of drug-likeness (QED) is 0.227. The van der Waals surface area contributed by atoms with Crippen molar-refractivity contribution in [2.75, 3.05) is 0 Å². The van der Waals surface area contributed by atoms with Gasteiger partial charge in [-0.05, 0) is 0 Å². The number of halogens is 2. The van der Waals surface area contributed by atoms with E-state index < -0.39 is 22.8 Å². The molecule has 1 atom stereocenters. The van der Waals surface area contributed by atoms with E-state index in [1.165, 1.54) is 69.3 Å². The first-order chi connectivity index (χ1) is 23.7. The molecule has 0 radical (unpaired) electrons. The smallest absolute Gasteiger partial charge is 1.00 e. The van der Waals surface area contributed by atoms with Crippen LogP contribution < -0.4 is 35.3 Å². The van der Waals surface area contributed by atoms with Gasteiger partial charge in [0.1, 0.15) is 0 Å². The minimum atomic E-state index is -1.43. The van der Waals surface area contributed by atoms with Crippen LogP contribution in [-0.2, 0) is 34.6 Å². The van der Waals surface area contributed by atoms with Crippen molar-refractivity contribution in [2.45, 2.75) is 38.5 Å². The Balaban J connectivity index is 0.00000216. The van der Waals surface area contributed by atoms with Crippen molar-refractivity contribution in [3.63, 3.8) is 0 Å². The predicted molar refractivity (Wildman–Crippen MR) is 200 cm³/mol. The molecule has 0 aromatic heterocycles. The third-order valence-electron chi connectivity index (χ3n) is 10.3. The zero-order valence-corrected chi connectivity index (χ0v) is 32.4. The van der Waals surface area contributed by atoms with E-state index in [1.54, 1.807) is 3.28 Å². The molecule has 0 fully saturated rings. The number of benzene rings is 5. The molecule has 3 aliphatic carbocycles. The van der Waals surface area contributed by atoms with Crippen LogP contribution in [0.25, 0.3) is 20.0 Å². The molecule has 0 saturated heterocycles. The van der Waals surface area contributed by atoms with Gasteiger partial charge in [0.25, 0.3) is 0 Å². The van der Waals surface area contributed by atoms with E-state index in [4.69, 9.17) is 0 Å². The van der Waals surface area contributed by atoms with Crippen molar-refractivity contribution in [1.82, 2.24) is 0 Å². The third kappa shape index (κ3) is 6.30. The van der Waals surface area contributed by atoms with Gasteiger partial charge in [-0.15, -0.1) is 0 Å². The Kier molecular flexibility index (Phi) is 11.2. The number of rotatable bonds is 8. The molecular formula is C47H39Cl2Zr. The van der Waals surface area contributed by atoms with Crippen LogP contribution in [0.15, 0.2) is 181 Å². The molecule has 3 aliphatic rings. The number of hydrogen-bond donors (Lipinski definition) is 0. The molecule has 0 amide bonds. The Labute approximate surface area is 320 Å². The minimum absolute atomic E-state index is 0. The molecule has 0 spiro atoms. The molecule has 245 valence electrons. The molecule has 5 aromatic carbocycles. The van der Waals surface area contributed by atoms with E-state index in [9.17, 15) is 0 Å². The van der Waals surface area contributed by atoms with E-state index in [-0.39, 0.29) is 30.2 Å². The summed E-state index contributed by atoms with van der Waals surface area (Å²) in [5, 5.41) is 2.88. The van der Waals surface area contributed by atoms with Crippen molar-refractivity contribution in [1.29, 1.82) is 0 Å². The van der Waals surface area contributed by atoms with E-state index >= 15 is 0 Å². The third-order valence-corrected chi connectivity index (χ3v) is 14.2. The Hall–Kier alpha value is -3.87. The maximum absolute atomic E-state index is 2.55. The summed E-state index contributed by atoms with van der Waals surface area (Å²) in [6.45, 7) is 4.68. The van der Waals surface area contributed by atoms with E-state index in [0.29, 0.717) is 0 Å². The van der Waals surface area contributed by atoms with Gasteiger partial charge in [0.15, 0.2) is 0 Å². The number of aryl methyl sites for hydroxylation is 1. The SMILES string of the molecule is CCc1cc(-c2ccccc2)c2c(c1)=[C]([Zr+2]=[C](c1ccccc1)c1ccccc1)C1=C(C3=CC=CC3)C(CC)(c3ccccc3)C=CC=21.[Cl-].[Cl-]. The van der Waals surface area contributed by atoms with Gasteiger partial charge in [0.05, 0.1) is 0 Å². The normalized spacial score (nSPS) is 17.0. The van der Waals surface area contributed by atoms with Gasteiger partial charge in [-0.2, -0.15) is 0 Å². The largest absolute Gasteiger partial charge is 1.00 e. The predicted octanol–water partition coefficient (Wildman–Crippen LogP) is 3.65. The zero-order valence-electron chi connectivity index (χ0n) is 28.5. The van der Waals surface area contributed by atoms with E-state index in [0.717, 1.165) is 19.3 Å². The Bertz CT molecular complexity index is 2250. The summed E-state index contributed by atoms with van der Waals surface area (Å²) in [4.78, 5) is 0. The van der Waals surface area contributed by atoms with Crippen molar-refractivity contribution < 1.29 is 47.6 Å². The maximum atomic E-state index is 2.55. The van der Waals surface area contributed by atoms with E-state index in [1.807, 2.05) is 0 Å². The first-order valence-electron chi connectivity index (χ1n) is 17.3. The fraction of sp³-hybridized carbons (Fsp3) is 0.128. The van der Waals surface area contributed by atoms with Crippen molar-refractivity contribution >= 4 is 12.1 Å². The van der Waals surface area contributed by atoms with Crippen LogP contribution >= 0.6 is 0 Å². The van der Waals surface area contributed by atoms with Gasteiger partial charge in [0, 0.05) is 0 Å². The standard InChI is InChI=1S/C34H29.C13H10.2ClH.Zr/c1-3-24-21-27-23-31-29(32(27)30(22-24)25-13-7-5-8-14-25)19-20-34(4-2,28-17-9-6-10-18-28)33(31)26-15-11-12-16-26;1-3-7-12(8-4-1)11-13-9-5-2-6-10-13;;;/h5-15,17-22H,3-4,16H2,1-2H3;1-10H;2*1H;/q;;;;+2/p-2. The molecule has 0 saturated carbocycles. The minimum Gasteiger partial charge on any atom is -1.00 e. The summed E-state index contributed by atoms with van der Waals surface area (Å²) in [6.07, 6.45) is 15.0. The monoisotopic (exact) mass is 763 g/mol. The van der Waals surface area contributed by atoms with Crippen LogP contribution in [0.4, 0.5) is 0 Å². The molecule has 5 aromatic rings. The zero-order chi connectivity index (χ0) is 32.5. The average Bonchev–Trinajstić information content (AvgIpc) is 3.81. The van der Waals surface area contributed by atoms with Gasteiger partial charge in [-0.25, -0.2) is 0 Å². The molecule has 0 N–H and O–H groups in total. The van der Waals surface area contributed by atoms with Gasteiger partial charge in [-0.1, -0.05) is 0 Å². The number of fused-ring (bicyclic) bond motifs is 2. The second-order valence-electron chi connectivity index (χ2n) is 12.9. The fourth-order valence-corrected chi connectivity index (χ4v) is 11.8. The summed E-state index contributed by atoms with van der Waals surface area (Å²) in [7, 11) is 0. The summed E-state index contributed by atoms with van der Waals surface area (Å²) >= 11 is -1.43. The molecular weight excluding hydrogens is 727 g/mol. The molecule has 0 nitrogen and oxygen atoms in total. The van der Waals surface area contributed by atoms with Crippen LogP contribution in [0.1, 0.15) is 48.9 Å². The topological polar surface area (TPSA) is 0 Å². The van der Waals surface area contributed by atoms with Gasteiger partial charge in [0.2, 0.25) is 0 Å². The molecule has 0 aliphatic heterocycles. The fourth-order valence-electron chi connectivity index (χ4n) is 7.92. The Morgan fingerprint density at radius 3 is 1.88 bits per heavy atom. The number of allylic oxidation sites excluding steroid dienone is 8. The molecule has 0 bridgehead atoms. The van der Waals surface area contributed by atoms with Crippen LogP contribution in [0.2, 0.25) is 0 Å². The van der Waals surface area contributed by atoms with Crippen molar-refractivity contribution in [3.8, 4) is 11.1 Å². The van der Waals surface area contributed by atoms with Crippen LogP contribution in [0.5, 0.6) is 0 Å². The average molecular weight is 766 g/mol. The molecule has 8 rings (SSSR count). The second kappa shape index (κ2) is 15.6. The first kappa shape index (κ1) is 35.9. The summed E-state index contributed by atoms with van der Waals surface area (Å²) in [6, 6.07) is 49.7. The molecule has 1 unspecified atom stereocenters. The van der Waals surface area contributed by atoms with E-state index in [2.05, 4.69) is 178 Å². The molecule has 0 heterocycles. The van der Waals surface area contributed by atoms with Crippen LogP contribution in [0, 0.1) is 0 Å². The Morgan fingerprint density at radius 2 is 1.32 bits per heavy atom.